The van der Waals surface area contributed by atoms with E-state index in [1.807, 2.05) is 6.07 Å². The average molecular weight is 436 g/mol. The first-order valence-corrected chi connectivity index (χ1v) is 9.96. The highest BCUT2D eigenvalue weighted by Gasteiger charge is 2.23. The zero-order valence-electron chi connectivity index (χ0n) is 17.5. The maximum Gasteiger partial charge on any atom is 0.254 e. The molecule has 164 valence electrons. The Labute approximate surface area is 185 Å². The number of nitrogens with one attached hydrogen (secondary N) is 1. The Morgan fingerprint density at radius 2 is 1.72 bits per heavy atom. The highest BCUT2D eigenvalue weighted by atomic mass is 19.1. The van der Waals surface area contributed by atoms with Gasteiger partial charge in [0.2, 0.25) is 0 Å². The first-order valence-electron chi connectivity index (χ1n) is 9.96. The van der Waals surface area contributed by atoms with Crippen LogP contribution in [0.4, 0.5) is 8.78 Å². The van der Waals surface area contributed by atoms with Crippen molar-refractivity contribution in [3.8, 4) is 11.8 Å². The van der Waals surface area contributed by atoms with Crippen LogP contribution in [0.2, 0.25) is 0 Å². The number of ether oxygens (including phenoxy) is 2. The van der Waals surface area contributed by atoms with Gasteiger partial charge in [-0.2, -0.15) is 5.26 Å². The topological polar surface area (TPSA) is 71.3 Å². The summed E-state index contributed by atoms with van der Waals surface area (Å²) in [5, 5.41) is 11.6. The number of nitriles is 1. The van der Waals surface area contributed by atoms with Gasteiger partial charge in [-0.1, -0.05) is 24.3 Å². The lowest BCUT2D eigenvalue weighted by atomic mass is 10.1. The van der Waals surface area contributed by atoms with Crippen molar-refractivity contribution in [1.82, 2.24) is 5.32 Å². The summed E-state index contributed by atoms with van der Waals surface area (Å²) >= 11 is 0. The molecule has 3 aromatic carbocycles. The number of hydrogen-bond donors (Lipinski definition) is 1. The van der Waals surface area contributed by atoms with Gasteiger partial charge in [-0.05, 0) is 47.5 Å². The lowest BCUT2D eigenvalue weighted by molar-refractivity contribution is -0.131. The Balaban J connectivity index is 1.57. The van der Waals surface area contributed by atoms with Gasteiger partial charge in [-0.3, -0.25) is 4.79 Å². The normalized spacial score (nSPS) is 11.4. The molecule has 1 unspecified atom stereocenters. The fourth-order valence-electron chi connectivity index (χ4n) is 3.10. The van der Waals surface area contributed by atoms with E-state index < -0.39 is 17.8 Å². The fraction of sp³-hybridized carbons (Fsp3) is 0.200. The van der Waals surface area contributed by atoms with E-state index in [2.05, 4.69) is 5.32 Å². The summed E-state index contributed by atoms with van der Waals surface area (Å²) < 4.78 is 38.4. The standard InChI is InChI=1S/C25H22F2N2O3/c1-31-24(25(30)29-16-19-4-2-18(15-28)3-5-19)22-11-10-21(14-23(22)27)32-13-12-17-6-8-20(26)9-7-17/h2-11,14,24H,12-13,16H2,1H3,(H,29,30). The minimum atomic E-state index is -1.12. The molecule has 0 saturated heterocycles. The highest BCUT2D eigenvalue weighted by molar-refractivity contribution is 5.82. The molecule has 0 bridgehead atoms. The molecule has 0 aliphatic rings. The number of rotatable bonds is 9. The molecule has 32 heavy (non-hydrogen) atoms. The van der Waals surface area contributed by atoms with Crippen LogP contribution < -0.4 is 10.1 Å². The molecular weight excluding hydrogens is 414 g/mol. The third kappa shape index (κ3) is 6.13. The number of halogens is 2. The summed E-state index contributed by atoms with van der Waals surface area (Å²) in [5.74, 6) is -1.09. The third-order valence-corrected chi connectivity index (χ3v) is 4.85. The number of carbonyl (C=O) groups is 1. The number of benzene rings is 3. The van der Waals surface area contributed by atoms with E-state index in [0.29, 0.717) is 24.3 Å². The first kappa shape index (κ1) is 22.9. The Kier molecular flexibility index (Phi) is 7.90. The summed E-state index contributed by atoms with van der Waals surface area (Å²) in [4.78, 5) is 12.5. The van der Waals surface area contributed by atoms with Crippen molar-refractivity contribution in [3.05, 3.63) is 101 Å². The molecule has 0 spiro atoms. The summed E-state index contributed by atoms with van der Waals surface area (Å²) in [5.41, 5.74) is 2.33. The molecule has 5 nitrogen and oxygen atoms in total. The zero-order valence-corrected chi connectivity index (χ0v) is 17.5. The molecule has 0 fully saturated rings. The molecule has 0 saturated carbocycles. The Morgan fingerprint density at radius 3 is 2.34 bits per heavy atom. The van der Waals surface area contributed by atoms with Crippen molar-refractivity contribution in [2.24, 2.45) is 0 Å². The van der Waals surface area contributed by atoms with Gasteiger partial charge in [0.25, 0.3) is 5.91 Å². The van der Waals surface area contributed by atoms with Crippen molar-refractivity contribution in [1.29, 1.82) is 5.26 Å². The number of methoxy groups -OCH3 is 1. The van der Waals surface area contributed by atoms with Gasteiger partial charge >= 0.3 is 0 Å². The van der Waals surface area contributed by atoms with Crippen LogP contribution in [0.1, 0.15) is 28.4 Å². The van der Waals surface area contributed by atoms with Gasteiger partial charge in [0.05, 0.1) is 18.2 Å². The van der Waals surface area contributed by atoms with E-state index >= 15 is 0 Å². The zero-order chi connectivity index (χ0) is 22.9. The summed E-state index contributed by atoms with van der Waals surface area (Å²) in [6.45, 7) is 0.514. The molecule has 0 heterocycles. The van der Waals surface area contributed by atoms with Gasteiger partial charge in [0, 0.05) is 31.7 Å². The molecule has 7 heteroatoms. The van der Waals surface area contributed by atoms with Crippen molar-refractivity contribution in [3.63, 3.8) is 0 Å². The predicted octanol–water partition coefficient (Wildman–Crippen LogP) is 4.46. The largest absolute Gasteiger partial charge is 0.493 e. The van der Waals surface area contributed by atoms with Crippen LogP contribution in [0.25, 0.3) is 0 Å². The molecule has 3 aromatic rings. The van der Waals surface area contributed by atoms with Crippen molar-refractivity contribution in [2.75, 3.05) is 13.7 Å². The lowest BCUT2D eigenvalue weighted by Gasteiger charge is -2.17. The molecule has 0 radical (unpaired) electrons. The van der Waals surface area contributed by atoms with Crippen molar-refractivity contribution < 1.29 is 23.0 Å². The Bertz CT molecular complexity index is 1090. The molecule has 0 aliphatic carbocycles. The molecule has 1 atom stereocenters. The van der Waals surface area contributed by atoms with Gasteiger partial charge in [0.15, 0.2) is 6.10 Å². The SMILES string of the molecule is COC(C(=O)NCc1ccc(C#N)cc1)c1ccc(OCCc2ccc(F)cc2)cc1F. The number of amides is 1. The van der Waals surface area contributed by atoms with E-state index in [0.717, 1.165) is 11.1 Å². The monoisotopic (exact) mass is 436 g/mol. The maximum atomic E-state index is 14.7. The second kappa shape index (κ2) is 11.0. The summed E-state index contributed by atoms with van der Waals surface area (Å²) in [6, 6.07) is 19.1. The quantitative estimate of drug-likeness (QED) is 0.538. The minimum absolute atomic E-state index is 0.0933. The fourth-order valence-corrected chi connectivity index (χ4v) is 3.10. The Hall–Kier alpha value is -3.76. The first-order chi connectivity index (χ1) is 15.5. The van der Waals surface area contributed by atoms with Crippen molar-refractivity contribution >= 4 is 5.91 Å². The number of carbonyl (C=O) groups excluding carboxylic acids is 1. The maximum absolute atomic E-state index is 14.7. The van der Waals surface area contributed by atoms with Crippen LogP contribution in [0.5, 0.6) is 5.75 Å². The number of hydrogen-bond acceptors (Lipinski definition) is 4. The summed E-state index contributed by atoms with van der Waals surface area (Å²) in [7, 11) is 1.33. The molecule has 1 N–H and O–H groups in total. The van der Waals surface area contributed by atoms with Crippen molar-refractivity contribution in [2.45, 2.75) is 19.1 Å². The van der Waals surface area contributed by atoms with Crippen LogP contribution in [0.15, 0.2) is 66.7 Å². The van der Waals surface area contributed by atoms with Gasteiger partial charge in [-0.15, -0.1) is 0 Å². The van der Waals surface area contributed by atoms with E-state index in [1.165, 1.54) is 31.4 Å². The molecule has 3 rings (SSSR count). The molecule has 0 aromatic heterocycles. The predicted molar refractivity (Wildman–Crippen MR) is 115 cm³/mol. The number of nitrogens with zero attached hydrogens (tertiary/aromatic N) is 1. The minimum Gasteiger partial charge on any atom is -0.493 e. The Morgan fingerprint density at radius 1 is 1.03 bits per heavy atom. The second-order valence-electron chi connectivity index (χ2n) is 7.05. The van der Waals surface area contributed by atoms with Gasteiger partial charge in [0.1, 0.15) is 17.4 Å². The van der Waals surface area contributed by atoms with E-state index in [4.69, 9.17) is 14.7 Å². The van der Waals surface area contributed by atoms with Crippen LogP contribution in [-0.4, -0.2) is 19.6 Å². The second-order valence-corrected chi connectivity index (χ2v) is 7.05. The molecule has 0 aliphatic heterocycles. The van der Waals surface area contributed by atoms with Crippen LogP contribution in [0, 0.1) is 23.0 Å². The van der Waals surface area contributed by atoms with Gasteiger partial charge in [-0.25, -0.2) is 8.78 Å². The van der Waals surface area contributed by atoms with Crippen LogP contribution in [0.3, 0.4) is 0 Å². The van der Waals surface area contributed by atoms with Crippen LogP contribution >= 0.6 is 0 Å². The van der Waals surface area contributed by atoms with E-state index in [1.54, 1.807) is 42.5 Å². The average Bonchev–Trinajstić information content (AvgIpc) is 2.81. The smallest absolute Gasteiger partial charge is 0.254 e. The molecule has 1 amide bonds. The molecular formula is C25H22F2N2O3. The van der Waals surface area contributed by atoms with Crippen LogP contribution in [-0.2, 0) is 22.5 Å². The third-order valence-electron chi connectivity index (χ3n) is 4.85. The highest BCUT2D eigenvalue weighted by Crippen LogP contribution is 2.25. The van der Waals surface area contributed by atoms with Gasteiger partial charge < -0.3 is 14.8 Å². The summed E-state index contributed by atoms with van der Waals surface area (Å²) in [6.07, 6.45) is -0.580. The lowest BCUT2D eigenvalue weighted by Crippen LogP contribution is -2.30. The van der Waals surface area contributed by atoms with E-state index in [9.17, 15) is 13.6 Å². The van der Waals surface area contributed by atoms with E-state index in [-0.39, 0.29) is 17.9 Å².